The lowest BCUT2D eigenvalue weighted by molar-refractivity contribution is -0.253. The smallest absolute Gasteiger partial charge is 0.240 e. The van der Waals surface area contributed by atoms with Crippen molar-refractivity contribution in [1.82, 2.24) is 9.62 Å². The summed E-state index contributed by atoms with van der Waals surface area (Å²) in [7, 11) is -1.88. The van der Waals surface area contributed by atoms with Gasteiger partial charge in [-0.15, -0.1) is 0 Å². The molecule has 242 valence electrons. The minimum absolute atomic E-state index is 0.00436. The molecule has 4 aromatic carbocycles. The van der Waals surface area contributed by atoms with Crippen LogP contribution in [0.3, 0.4) is 0 Å². The van der Waals surface area contributed by atoms with Gasteiger partial charge in [0.15, 0.2) is 6.29 Å². The summed E-state index contributed by atoms with van der Waals surface area (Å²) in [6.45, 7) is 2.73. The summed E-state index contributed by atoms with van der Waals surface area (Å²) in [6, 6.07) is 32.7. The van der Waals surface area contributed by atoms with Crippen molar-refractivity contribution in [3.63, 3.8) is 0 Å². The van der Waals surface area contributed by atoms with Gasteiger partial charge in [-0.05, 0) is 59.3 Å². The Hall–Kier alpha value is -3.41. The number of nitrogens with zero attached hydrogens (tertiary/aromatic N) is 1. The molecule has 2 aliphatic rings. The van der Waals surface area contributed by atoms with Crippen LogP contribution in [0.15, 0.2) is 108 Å². The van der Waals surface area contributed by atoms with Crippen molar-refractivity contribution in [2.24, 2.45) is 0 Å². The molecule has 8 nitrogen and oxygen atoms in total. The van der Waals surface area contributed by atoms with Crippen molar-refractivity contribution in [2.45, 2.75) is 61.8 Å². The fourth-order valence-electron chi connectivity index (χ4n) is 6.44. The van der Waals surface area contributed by atoms with E-state index in [0.717, 1.165) is 72.3 Å². The molecule has 0 amide bonds. The van der Waals surface area contributed by atoms with Crippen molar-refractivity contribution in [2.75, 3.05) is 26.8 Å². The van der Waals surface area contributed by atoms with Gasteiger partial charge in [-0.2, -0.15) is 0 Å². The zero-order valence-corrected chi connectivity index (χ0v) is 26.9. The Bertz CT molecular complexity index is 1660. The summed E-state index contributed by atoms with van der Waals surface area (Å²) in [6.07, 6.45) is 2.28. The van der Waals surface area contributed by atoms with E-state index in [4.69, 9.17) is 14.2 Å². The predicted molar refractivity (Wildman–Crippen MR) is 177 cm³/mol. The number of nitrogens with one attached hydrogen (secondary N) is 1. The number of aliphatic hydroxyl groups is 1. The van der Waals surface area contributed by atoms with Crippen LogP contribution in [0.2, 0.25) is 0 Å². The summed E-state index contributed by atoms with van der Waals surface area (Å²) in [5.74, 6) is 0. The Balaban J connectivity index is 1.20. The molecule has 4 aromatic rings. The van der Waals surface area contributed by atoms with Gasteiger partial charge in [0.25, 0.3) is 0 Å². The molecule has 2 fully saturated rings. The normalized spacial score (nSPS) is 22.2. The Morgan fingerprint density at radius 3 is 2.35 bits per heavy atom. The largest absolute Gasteiger partial charge is 0.392 e. The number of rotatable bonds is 12. The Kier molecular flexibility index (Phi) is 10.6. The fourth-order valence-corrected chi connectivity index (χ4v) is 7.47. The summed E-state index contributed by atoms with van der Waals surface area (Å²) in [4.78, 5) is 2.72. The molecule has 9 heteroatoms. The third kappa shape index (κ3) is 7.75. The fraction of sp³-hybridized carbons (Fsp3) is 0.351. The van der Waals surface area contributed by atoms with Gasteiger partial charge in [0.1, 0.15) is 0 Å². The van der Waals surface area contributed by atoms with Gasteiger partial charge in [-0.3, -0.25) is 4.90 Å². The maximum absolute atomic E-state index is 12.9. The molecule has 0 aliphatic carbocycles. The Morgan fingerprint density at radius 1 is 0.891 bits per heavy atom. The second kappa shape index (κ2) is 15.0. The van der Waals surface area contributed by atoms with E-state index in [9.17, 15) is 13.5 Å². The van der Waals surface area contributed by atoms with Gasteiger partial charge < -0.3 is 19.3 Å². The number of methoxy groups -OCH3 is 1. The third-order valence-corrected chi connectivity index (χ3v) is 10.3. The van der Waals surface area contributed by atoms with Crippen LogP contribution in [-0.4, -0.2) is 57.4 Å². The lowest BCUT2D eigenvalue weighted by Gasteiger charge is -2.38. The number of benzene rings is 4. The van der Waals surface area contributed by atoms with Crippen LogP contribution < -0.4 is 4.72 Å². The van der Waals surface area contributed by atoms with Crippen molar-refractivity contribution < 1.29 is 27.7 Å². The highest BCUT2D eigenvalue weighted by molar-refractivity contribution is 7.89. The van der Waals surface area contributed by atoms with E-state index in [1.54, 1.807) is 37.4 Å². The maximum atomic E-state index is 12.9. The number of likely N-dealkylation sites (tertiary alicyclic amines) is 1. The molecule has 6 rings (SSSR count). The monoisotopic (exact) mass is 642 g/mol. The molecule has 0 bridgehead atoms. The minimum Gasteiger partial charge on any atom is -0.392 e. The standard InChI is InChI=1S/C37H42N2O6S/c1-43-26-32-9-7-21-39(32)24-33-22-36(29-15-13-27(25-40)14-16-29)45-37(44-33)30-19-17-28(18-20-30)35-12-6-5-8-31(35)23-38-46(41,42)34-10-3-2-4-11-34/h2-6,8,10-20,32-33,36-38,40H,7,9,21-26H2,1H3. The van der Waals surface area contributed by atoms with Gasteiger partial charge in [0, 0.05) is 38.2 Å². The molecular formula is C37H42N2O6S. The first-order valence-corrected chi connectivity index (χ1v) is 17.4. The highest BCUT2D eigenvalue weighted by atomic mass is 32.2. The van der Waals surface area contributed by atoms with Gasteiger partial charge in [-0.25, -0.2) is 13.1 Å². The minimum atomic E-state index is -3.64. The predicted octanol–water partition coefficient (Wildman–Crippen LogP) is 5.98. The third-order valence-electron chi connectivity index (χ3n) is 8.93. The van der Waals surface area contributed by atoms with Crippen LogP contribution >= 0.6 is 0 Å². The molecule has 0 spiro atoms. The van der Waals surface area contributed by atoms with Crippen molar-refractivity contribution in [1.29, 1.82) is 0 Å². The van der Waals surface area contributed by atoms with E-state index >= 15 is 0 Å². The highest BCUT2D eigenvalue weighted by Gasteiger charge is 2.35. The quantitative estimate of drug-likeness (QED) is 0.196. The molecule has 2 aliphatic heterocycles. The zero-order valence-electron chi connectivity index (χ0n) is 26.1. The molecule has 4 unspecified atom stereocenters. The lowest BCUT2D eigenvalue weighted by atomic mass is 9.97. The van der Waals surface area contributed by atoms with Crippen molar-refractivity contribution in [3.05, 3.63) is 125 Å². The summed E-state index contributed by atoms with van der Waals surface area (Å²) in [5.41, 5.74) is 5.65. The molecule has 46 heavy (non-hydrogen) atoms. The van der Waals surface area contributed by atoms with Crippen LogP contribution in [0, 0.1) is 0 Å². The van der Waals surface area contributed by atoms with Gasteiger partial charge in [0.05, 0.1) is 30.3 Å². The summed E-state index contributed by atoms with van der Waals surface area (Å²) >= 11 is 0. The molecule has 0 aromatic heterocycles. The van der Waals surface area contributed by atoms with Crippen LogP contribution in [0.1, 0.15) is 53.9 Å². The molecule has 0 radical (unpaired) electrons. The molecule has 4 atom stereocenters. The molecule has 0 saturated carbocycles. The van der Waals surface area contributed by atoms with Crippen molar-refractivity contribution >= 4 is 10.0 Å². The average Bonchev–Trinajstić information content (AvgIpc) is 3.54. The maximum Gasteiger partial charge on any atom is 0.240 e. The SMILES string of the molecule is COCC1CCCN1CC1CC(c2ccc(CO)cc2)OC(c2ccc(-c3ccccc3CNS(=O)(=O)c3ccccc3)cc2)O1. The van der Waals surface area contributed by atoms with Gasteiger partial charge in [0.2, 0.25) is 10.0 Å². The average molecular weight is 643 g/mol. The molecular weight excluding hydrogens is 600 g/mol. The number of ether oxygens (including phenoxy) is 3. The molecule has 2 heterocycles. The second-order valence-corrected chi connectivity index (χ2v) is 13.8. The van der Waals surface area contributed by atoms with E-state index in [-0.39, 0.29) is 30.3 Å². The van der Waals surface area contributed by atoms with Gasteiger partial charge in [-0.1, -0.05) is 91.0 Å². The van der Waals surface area contributed by atoms with E-state index in [1.807, 2.05) is 72.8 Å². The van der Waals surface area contributed by atoms with Crippen LogP contribution in [-0.2, 0) is 37.4 Å². The van der Waals surface area contributed by atoms with E-state index < -0.39 is 16.3 Å². The first-order valence-electron chi connectivity index (χ1n) is 15.9. The zero-order chi connectivity index (χ0) is 31.9. The summed E-state index contributed by atoms with van der Waals surface area (Å²) in [5, 5.41) is 9.54. The summed E-state index contributed by atoms with van der Waals surface area (Å²) < 4.78 is 47.2. The number of sulfonamides is 1. The molecule has 2 N–H and O–H groups in total. The number of hydrogen-bond donors (Lipinski definition) is 2. The lowest BCUT2D eigenvalue weighted by Crippen LogP contribution is -2.42. The van der Waals surface area contributed by atoms with Crippen LogP contribution in [0.25, 0.3) is 11.1 Å². The Morgan fingerprint density at radius 2 is 1.61 bits per heavy atom. The second-order valence-electron chi connectivity index (χ2n) is 12.0. The number of hydrogen-bond acceptors (Lipinski definition) is 7. The molecule has 2 saturated heterocycles. The van der Waals surface area contributed by atoms with E-state index in [1.165, 1.54) is 0 Å². The van der Waals surface area contributed by atoms with Crippen LogP contribution in [0.5, 0.6) is 0 Å². The number of aliphatic hydroxyl groups excluding tert-OH is 1. The van der Waals surface area contributed by atoms with Crippen LogP contribution in [0.4, 0.5) is 0 Å². The Labute approximate surface area is 272 Å². The van der Waals surface area contributed by atoms with Gasteiger partial charge >= 0.3 is 0 Å². The topological polar surface area (TPSA) is 97.3 Å². The van der Waals surface area contributed by atoms with E-state index in [2.05, 4.69) is 9.62 Å². The van der Waals surface area contributed by atoms with E-state index in [0.29, 0.717) is 6.04 Å². The first-order chi connectivity index (χ1) is 22.4. The van der Waals surface area contributed by atoms with Crippen molar-refractivity contribution in [3.8, 4) is 11.1 Å². The first kappa shape index (κ1) is 32.5. The highest BCUT2D eigenvalue weighted by Crippen LogP contribution is 2.39.